The molecule has 0 unspecified atom stereocenters. The van der Waals surface area contributed by atoms with Gasteiger partial charge >= 0.3 is 128 Å². The molecule has 1 aliphatic rings. The molecule has 2 aromatic carbocycles. The van der Waals surface area contributed by atoms with Gasteiger partial charge in [0.1, 0.15) is 0 Å². The second-order valence-electron chi connectivity index (χ2n) is 6.30. The van der Waals surface area contributed by atoms with Crippen molar-refractivity contribution in [3.05, 3.63) is 93.9 Å². The zero-order chi connectivity index (χ0) is 17.2. The van der Waals surface area contributed by atoms with E-state index < -0.39 is 24.0 Å². The fourth-order valence-electron chi connectivity index (χ4n) is 2.68. The van der Waals surface area contributed by atoms with E-state index in [9.17, 15) is 5.11 Å². The largest absolute Gasteiger partial charge is 0.852 e. The van der Waals surface area contributed by atoms with Crippen LogP contribution in [0.3, 0.4) is 0 Å². The summed E-state index contributed by atoms with van der Waals surface area (Å²) in [4.78, 5) is 0. The molecule has 0 amide bonds. The molecule has 0 saturated carbocycles. The van der Waals surface area contributed by atoms with Crippen LogP contribution in [0.1, 0.15) is 31.4 Å². The number of rotatable bonds is 5. The van der Waals surface area contributed by atoms with Crippen LogP contribution in [0.25, 0.3) is 0 Å². The molecule has 0 atom stereocenters. The van der Waals surface area contributed by atoms with E-state index in [1.165, 1.54) is 27.0 Å². The van der Waals surface area contributed by atoms with E-state index in [4.69, 9.17) is 0 Å². The predicted octanol–water partition coefficient (Wildman–Crippen LogP) is 4.60. The summed E-state index contributed by atoms with van der Waals surface area (Å²) in [6, 6.07) is 22.0. The summed E-state index contributed by atoms with van der Waals surface area (Å²) < 4.78 is 4.32. The van der Waals surface area contributed by atoms with Crippen LogP contribution in [-0.2, 0) is 27.3 Å². The molecule has 2 aromatic rings. The second kappa shape index (κ2) is 10.5. The number of benzene rings is 2. The van der Waals surface area contributed by atoms with Gasteiger partial charge in [-0.05, 0) is 0 Å². The van der Waals surface area contributed by atoms with E-state index in [0.29, 0.717) is 0 Å². The molecular weight excluding hydrogens is 328 g/mol. The van der Waals surface area contributed by atoms with Crippen molar-refractivity contribution in [2.24, 2.45) is 0 Å². The maximum atomic E-state index is 9.53. The van der Waals surface area contributed by atoms with E-state index in [-0.39, 0.29) is 0 Å². The Morgan fingerprint density at radius 2 is 1.33 bits per heavy atom. The molecule has 0 aliphatic heterocycles. The Balaban J connectivity index is 0.000000471. The smallest absolute Gasteiger partial charge is 0.0783 e. The molecule has 0 bridgehead atoms. The van der Waals surface area contributed by atoms with Crippen LogP contribution < -0.4 is 5.11 Å². The third-order valence-electron chi connectivity index (χ3n) is 3.75. The van der Waals surface area contributed by atoms with Crippen molar-refractivity contribution >= 4 is 0 Å². The summed E-state index contributed by atoms with van der Waals surface area (Å²) in [5.41, 5.74) is 3.01. The molecule has 1 aliphatic carbocycles. The molecule has 0 saturated heterocycles. The fourth-order valence-corrected chi connectivity index (χ4v) is 7.02. The van der Waals surface area contributed by atoms with Gasteiger partial charge < -0.3 is 5.11 Å². The van der Waals surface area contributed by atoms with Gasteiger partial charge in [0.05, 0.1) is 0 Å². The van der Waals surface area contributed by atoms with Crippen molar-refractivity contribution in [3.8, 4) is 0 Å². The molecule has 124 valence electrons. The monoisotopic (exact) mass is 354 g/mol. The normalized spacial score (nSPS) is 12.6. The Morgan fingerprint density at radius 1 is 0.875 bits per heavy atom. The van der Waals surface area contributed by atoms with Gasteiger partial charge in [0.25, 0.3) is 0 Å². The molecule has 2 heteroatoms. The van der Waals surface area contributed by atoms with E-state index in [2.05, 4.69) is 78.9 Å². The van der Waals surface area contributed by atoms with Gasteiger partial charge in [-0.3, -0.25) is 0 Å². The molecule has 0 aromatic heterocycles. The van der Waals surface area contributed by atoms with Crippen molar-refractivity contribution in [2.45, 2.75) is 35.8 Å². The van der Waals surface area contributed by atoms with Gasteiger partial charge in [-0.1, -0.05) is 13.8 Å². The zero-order valence-electron chi connectivity index (χ0n) is 14.6. The molecule has 0 fully saturated rings. The minimum absolute atomic E-state index is 0.417. The first-order valence-electron chi connectivity index (χ1n) is 8.59. The van der Waals surface area contributed by atoms with Gasteiger partial charge in [-0.25, -0.2) is 0 Å². The Bertz CT molecular complexity index is 600. The number of hydrogen-bond donors (Lipinski definition) is 0. The summed E-state index contributed by atoms with van der Waals surface area (Å²) >= 11 is -1.25. The number of hydrogen-bond acceptors (Lipinski definition) is 1. The third-order valence-corrected chi connectivity index (χ3v) is 8.35. The first kappa shape index (κ1) is 18.9. The summed E-state index contributed by atoms with van der Waals surface area (Å²) in [6.45, 7) is 3.22. The Kier molecular flexibility index (Phi) is 8.25. The quantitative estimate of drug-likeness (QED) is 0.720. The van der Waals surface area contributed by atoms with Crippen LogP contribution in [0.5, 0.6) is 0 Å². The van der Waals surface area contributed by atoms with Crippen LogP contribution >= 0.6 is 0 Å². The zero-order valence-corrected chi connectivity index (χ0v) is 16.2. The van der Waals surface area contributed by atoms with Crippen LogP contribution in [0.4, 0.5) is 0 Å². The first-order valence-corrected chi connectivity index (χ1v) is 11.6. The standard InChI is InChI=1S/2C7H7.C5H5.C3H7O.Ti/c2*1-7-5-3-2-4-6-7;1-2-4-5-3-1;1-3(2)4;/h2*2-6H,1H2;1-3H,4H2;3H,1-2H3;/q;;;-1;+1. The van der Waals surface area contributed by atoms with Crippen LogP contribution in [0.15, 0.2) is 82.8 Å². The Hall–Kier alpha value is -1.41. The average Bonchev–Trinajstić information content (AvgIpc) is 3.10. The number of allylic oxidation sites excluding steroid dienone is 4. The van der Waals surface area contributed by atoms with Gasteiger partial charge in [0.2, 0.25) is 0 Å². The van der Waals surface area contributed by atoms with Crippen LogP contribution in [0, 0.1) is 0 Å². The molecule has 3 rings (SSSR count). The maximum Gasteiger partial charge on any atom is -0.0783 e. The SMILES string of the molecule is C1=CC[C]([Ti+]([CH2]c2ccccc2)[CH2]c2ccccc2)=C1.CC(C)[O-]. The van der Waals surface area contributed by atoms with Crippen LogP contribution in [0.2, 0.25) is 0 Å². The van der Waals surface area contributed by atoms with E-state index in [0.717, 1.165) is 0 Å². The van der Waals surface area contributed by atoms with Crippen molar-refractivity contribution < 1.29 is 23.0 Å². The van der Waals surface area contributed by atoms with Gasteiger partial charge in [-0.2, -0.15) is 0 Å². The molecular formula is C22H26OTi. The first-order chi connectivity index (χ1) is 11.6. The maximum absolute atomic E-state index is 9.53. The van der Waals surface area contributed by atoms with Gasteiger partial charge in [0.15, 0.2) is 0 Å². The minimum atomic E-state index is -1.25. The van der Waals surface area contributed by atoms with Crippen molar-refractivity contribution in [1.29, 1.82) is 0 Å². The van der Waals surface area contributed by atoms with Gasteiger partial charge in [0, 0.05) is 0 Å². The summed E-state index contributed by atoms with van der Waals surface area (Å²) in [5, 5.41) is 9.53. The minimum Gasteiger partial charge on any atom is -0.852 e. The molecule has 0 radical (unpaired) electrons. The second-order valence-corrected chi connectivity index (χ2v) is 10.3. The van der Waals surface area contributed by atoms with Crippen molar-refractivity contribution in [2.75, 3.05) is 0 Å². The molecule has 0 N–H and O–H groups in total. The molecule has 1 nitrogen and oxygen atoms in total. The molecule has 0 heterocycles. The Morgan fingerprint density at radius 3 is 1.71 bits per heavy atom. The van der Waals surface area contributed by atoms with Crippen molar-refractivity contribution in [3.63, 3.8) is 0 Å². The summed E-state index contributed by atoms with van der Waals surface area (Å²) in [5.74, 6) is 0. The fraction of sp³-hybridized carbons (Fsp3) is 0.273. The average molecular weight is 354 g/mol. The summed E-state index contributed by atoms with van der Waals surface area (Å²) in [6.07, 6.45) is 7.69. The van der Waals surface area contributed by atoms with Crippen molar-refractivity contribution in [1.82, 2.24) is 0 Å². The molecule has 24 heavy (non-hydrogen) atoms. The van der Waals surface area contributed by atoms with E-state index >= 15 is 0 Å². The summed E-state index contributed by atoms with van der Waals surface area (Å²) in [7, 11) is 0. The third kappa shape index (κ3) is 7.01. The van der Waals surface area contributed by atoms with E-state index in [1.807, 2.05) is 0 Å². The van der Waals surface area contributed by atoms with Crippen LogP contribution in [-0.4, -0.2) is 6.10 Å². The topological polar surface area (TPSA) is 23.1 Å². The van der Waals surface area contributed by atoms with E-state index in [1.54, 1.807) is 17.7 Å². The molecule has 0 spiro atoms. The Labute approximate surface area is 152 Å². The van der Waals surface area contributed by atoms with Gasteiger partial charge in [-0.15, -0.1) is 6.10 Å². The predicted molar refractivity (Wildman–Crippen MR) is 97.3 cm³/mol.